The fourth-order valence-electron chi connectivity index (χ4n) is 1.54. The van der Waals surface area contributed by atoms with Crippen LogP contribution >= 0.6 is 11.8 Å². The lowest BCUT2D eigenvalue weighted by Gasteiger charge is -2.11. The van der Waals surface area contributed by atoms with Gasteiger partial charge in [0.25, 0.3) is 0 Å². The number of carbonyl (C=O) groups excluding carboxylic acids is 1. The van der Waals surface area contributed by atoms with E-state index in [9.17, 15) is 13.6 Å². The number of carbonyl (C=O) groups is 1. The molecule has 0 bridgehead atoms. The average Bonchev–Trinajstić information content (AvgIpc) is 2.93. The van der Waals surface area contributed by atoms with E-state index in [0.29, 0.717) is 17.2 Å². The molecule has 2 aromatic rings. The second-order valence-corrected chi connectivity index (χ2v) is 5.55. The fraction of sp³-hybridized carbons (Fsp3) is 0.214. The van der Waals surface area contributed by atoms with Crippen LogP contribution in [-0.2, 0) is 11.3 Å². The van der Waals surface area contributed by atoms with Crippen LogP contribution < -0.4 is 5.32 Å². The second-order valence-electron chi connectivity index (χ2n) is 4.13. The second kappa shape index (κ2) is 6.56. The van der Waals surface area contributed by atoms with Crippen molar-refractivity contribution in [1.29, 1.82) is 0 Å². The highest BCUT2D eigenvalue weighted by molar-refractivity contribution is 8.00. The molecule has 1 aromatic heterocycles. The van der Waals surface area contributed by atoms with Crippen molar-refractivity contribution >= 4 is 17.7 Å². The molecule has 1 aromatic carbocycles. The topological polar surface area (TPSA) is 42.2 Å². The van der Waals surface area contributed by atoms with Gasteiger partial charge in [-0.05, 0) is 37.3 Å². The zero-order valence-corrected chi connectivity index (χ0v) is 11.5. The highest BCUT2D eigenvalue weighted by Gasteiger charge is 2.15. The minimum atomic E-state index is -0.918. The Labute approximate surface area is 119 Å². The summed E-state index contributed by atoms with van der Waals surface area (Å²) in [6.07, 6.45) is 1.53. The molecule has 1 amide bonds. The standard InChI is InChI=1S/C14H13F2NO2S/c1-9(14(18)17-8-10-3-2-6-19-10)20-11-4-5-12(15)13(16)7-11/h2-7,9H,8H2,1H3,(H,17,18)/t9-/m0/s1. The Balaban J connectivity index is 1.88. The number of hydrogen-bond acceptors (Lipinski definition) is 3. The summed E-state index contributed by atoms with van der Waals surface area (Å²) < 4.78 is 31.0. The normalized spacial score (nSPS) is 12.2. The first kappa shape index (κ1) is 14.6. The molecule has 0 aliphatic carbocycles. The minimum Gasteiger partial charge on any atom is -0.467 e. The molecule has 0 saturated carbocycles. The molecular formula is C14H13F2NO2S. The van der Waals surface area contributed by atoms with E-state index in [-0.39, 0.29) is 5.91 Å². The van der Waals surface area contributed by atoms with Gasteiger partial charge < -0.3 is 9.73 Å². The van der Waals surface area contributed by atoms with Crippen molar-refractivity contribution in [3.63, 3.8) is 0 Å². The number of halogens is 2. The van der Waals surface area contributed by atoms with Gasteiger partial charge >= 0.3 is 0 Å². The van der Waals surface area contributed by atoms with Gasteiger partial charge in [0.15, 0.2) is 11.6 Å². The van der Waals surface area contributed by atoms with Crippen LogP contribution in [0.1, 0.15) is 12.7 Å². The first-order valence-electron chi connectivity index (χ1n) is 5.98. The predicted octanol–water partition coefficient (Wildman–Crippen LogP) is 3.35. The highest BCUT2D eigenvalue weighted by atomic mass is 32.2. The first-order chi connectivity index (χ1) is 9.56. The Morgan fingerprint density at radius 1 is 1.35 bits per heavy atom. The zero-order chi connectivity index (χ0) is 14.5. The van der Waals surface area contributed by atoms with E-state index in [1.165, 1.54) is 12.3 Å². The fourth-order valence-corrected chi connectivity index (χ4v) is 2.46. The molecule has 0 saturated heterocycles. The molecule has 1 heterocycles. The van der Waals surface area contributed by atoms with Gasteiger partial charge in [-0.1, -0.05) is 0 Å². The third kappa shape index (κ3) is 3.84. The predicted molar refractivity (Wildman–Crippen MR) is 72.2 cm³/mol. The highest BCUT2D eigenvalue weighted by Crippen LogP contribution is 2.24. The van der Waals surface area contributed by atoms with E-state index in [0.717, 1.165) is 23.9 Å². The average molecular weight is 297 g/mol. The number of rotatable bonds is 5. The Kier molecular flexibility index (Phi) is 4.79. The zero-order valence-electron chi connectivity index (χ0n) is 10.7. The number of hydrogen-bond donors (Lipinski definition) is 1. The molecule has 20 heavy (non-hydrogen) atoms. The molecule has 1 atom stereocenters. The molecule has 1 N–H and O–H groups in total. The molecule has 0 spiro atoms. The molecule has 0 fully saturated rings. The summed E-state index contributed by atoms with van der Waals surface area (Å²) in [5, 5.41) is 2.29. The summed E-state index contributed by atoms with van der Waals surface area (Å²) in [7, 11) is 0. The van der Waals surface area contributed by atoms with Crippen molar-refractivity contribution < 1.29 is 18.0 Å². The van der Waals surface area contributed by atoms with E-state index in [1.54, 1.807) is 19.1 Å². The van der Waals surface area contributed by atoms with E-state index in [2.05, 4.69) is 5.32 Å². The summed E-state index contributed by atoms with van der Waals surface area (Å²) in [4.78, 5) is 12.4. The third-order valence-corrected chi connectivity index (χ3v) is 3.68. The van der Waals surface area contributed by atoms with Crippen LogP contribution in [0.3, 0.4) is 0 Å². The molecule has 6 heteroatoms. The van der Waals surface area contributed by atoms with Crippen molar-refractivity contribution in [2.45, 2.75) is 23.6 Å². The molecule has 0 aliphatic rings. The number of thioether (sulfide) groups is 1. The van der Waals surface area contributed by atoms with Gasteiger partial charge in [0.2, 0.25) is 5.91 Å². The summed E-state index contributed by atoms with van der Waals surface area (Å²) >= 11 is 1.16. The molecule has 0 unspecified atom stereocenters. The van der Waals surface area contributed by atoms with Crippen LogP contribution in [0.4, 0.5) is 8.78 Å². The smallest absolute Gasteiger partial charge is 0.233 e. The molecule has 0 radical (unpaired) electrons. The number of nitrogens with one attached hydrogen (secondary N) is 1. The Bertz CT molecular complexity index is 587. The summed E-state index contributed by atoms with van der Waals surface area (Å²) in [6, 6.07) is 7.06. The van der Waals surface area contributed by atoms with Crippen LogP contribution in [0, 0.1) is 11.6 Å². The lowest BCUT2D eigenvalue weighted by Crippen LogP contribution is -2.30. The maximum atomic E-state index is 13.1. The monoisotopic (exact) mass is 297 g/mol. The maximum absolute atomic E-state index is 13.1. The van der Waals surface area contributed by atoms with E-state index in [4.69, 9.17) is 4.42 Å². The maximum Gasteiger partial charge on any atom is 0.233 e. The number of benzene rings is 1. The Morgan fingerprint density at radius 2 is 2.15 bits per heavy atom. The van der Waals surface area contributed by atoms with Crippen LogP contribution in [0.15, 0.2) is 45.9 Å². The number of furan rings is 1. The molecule has 3 nitrogen and oxygen atoms in total. The number of amides is 1. The van der Waals surface area contributed by atoms with E-state index in [1.807, 2.05) is 0 Å². The quantitative estimate of drug-likeness (QED) is 0.861. The SMILES string of the molecule is C[C@H](Sc1ccc(F)c(F)c1)C(=O)NCc1ccco1. The van der Waals surface area contributed by atoms with Crippen LogP contribution in [-0.4, -0.2) is 11.2 Å². The molecule has 2 rings (SSSR count). The first-order valence-corrected chi connectivity index (χ1v) is 6.86. The summed E-state index contributed by atoms with van der Waals surface area (Å²) in [5.74, 6) is -1.36. The van der Waals surface area contributed by atoms with Gasteiger partial charge in [0.1, 0.15) is 5.76 Å². The molecular weight excluding hydrogens is 284 g/mol. The van der Waals surface area contributed by atoms with Gasteiger partial charge in [0.05, 0.1) is 18.1 Å². The van der Waals surface area contributed by atoms with Crippen LogP contribution in [0.2, 0.25) is 0 Å². The van der Waals surface area contributed by atoms with Crippen molar-refractivity contribution in [2.75, 3.05) is 0 Å². The van der Waals surface area contributed by atoms with Gasteiger partial charge in [-0.25, -0.2) is 8.78 Å². The van der Waals surface area contributed by atoms with Crippen molar-refractivity contribution in [3.05, 3.63) is 54.0 Å². The van der Waals surface area contributed by atoms with Crippen molar-refractivity contribution in [1.82, 2.24) is 5.32 Å². The Morgan fingerprint density at radius 3 is 2.80 bits per heavy atom. The lowest BCUT2D eigenvalue weighted by molar-refractivity contribution is -0.120. The van der Waals surface area contributed by atoms with Gasteiger partial charge in [-0.15, -0.1) is 11.8 Å². The lowest BCUT2D eigenvalue weighted by atomic mass is 10.3. The minimum absolute atomic E-state index is 0.198. The van der Waals surface area contributed by atoms with E-state index < -0.39 is 16.9 Å². The van der Waals surface area contributed by atoms with E-state index >= 15 is 0 Å². The van der Waals surface area contributed by atoms with Crippen LogP contribution in [0.25, 0.3) is 0 Å². The largest absolute Gasteiger partial charge is 0.467 e. The Hall–Kier alpha value is -1.82. The van der Waals surface area contributed by atoms with Crippen LogP contribution in [0.5, 0.6) is 0 Å². The summed E-state index contributed by atoms with van der Waals surface area (Å²) in [5.41, 5.74) is 0. The summed E-state index contributed by atoms with van der Waals surface area (Å²) in [6.45, 7) is 2.00. The van der Waals surface area contributed by atoms with Gasteiger partial charge in [-0.2, -0.15) is 0 Å². The van der Waals surface area contributed by atoms with Crippen molar-refractivity contribution in [3.8, 4) is 0 Å². The molecule has 106 valence electrons. The third-order valence-electron chi connectivity index (χ3n) is 2.59. The van der Waals surface area contributed by atoms with Gasteiger partial charge in [0, 0.05) is 4.90 Å². The van der Waals surface area contributed by atoms with Crippen molar-refractivity contribution in [2.24, 2.45) is 0 Å². The molecule has 0 aliphatic heterocycles. The van der Waals surface area contributed by atoms with Gasteiger partial charge in [-0.3, -0.25) is 4.79 Å².